The molecule has 2 atom stereocenters. The van der Waals surface area contributed by atoms with E-state index in [-0.39, 0.29) is 0 Å². The molecule has 156 valence electrons. The lowest BCUT2D eigenvalue weighted by Crippen LogP contribution is -1.98. The summed E-state index contributed by atoms with van der Waals surface area (Å²) in [4.78, 5) is 0. The second kappa shape index (κ2) is 15.1. The van der Waals surface area contributed by atoms with Crippen molar-refractivity contribution in [3.8, 4) is 0 Å². The van der Waals surface area contributed by atoms with Gasteiger partial charge in [-0.1, -0.05) is 115 Å². The first-order chi connectivity index (χ1) is 13.3. The minimum absolute atomic E-state index is 0.628. The van der Waals surface area contributed by atoms with Crippen molar-refractivity contribution >= 4 is 0 Å². The maximum Gasteiger partial charge on any atom is -0.0193 e. The second-order valence-electron chi connectivity index (χ2n) is 7.90. The maximum atomic E-state index is 4.00. The number of hydrogen-bond donors (Lipinski definition) is 0. The highest BCUT2D eigenvalue weighted by molar-refractivity contribution is 5.25. The van der Waals surface area contributed by atoms with Crippen LogP contribution >= 0.6 is 0 Å². The number of benzene rings is 2. The first kappa shape index (κ1) is 26.2. The van der Waals surface area contributed by atoms with Crippen LogP contribution in [0.3, 0.4) is 0 Å². The van der Waals surface area contributed by atoms with Gasteiger partial charge in [0.15, 0.2) is 0 Å². The Hall–Kier alpha value is -1.82. The standard InChI is InChI=1S/C16H24.C10H14.C2H6/c1-12(2)14(5)6-7-15-8-10-16(11-9-15)13(3)4;1-3-9(2)10-7-5-4-6-8-10;1-2/h8-11,13-14H,1,6-7H2,2-5H3;4-9H,3H2,1-2H3;1-2H3/t;9-;/m.0./s1. The molecule has 0 saturated carbocycles. The lowest BCUT2D eigenvalue weighted by atomic mass is 9.94. The molecule has 0 amide bonds. The summed E-state index contributed by atoms with van der Waals surface area (Å²) in [6, 6.07) is 19.7. The van der Waals surface area contributed by atoms with Gasteiger partial charge in [0.2, 0.25) is 0 Å². The average molecular weight is 381 g/mol. The number of rotatable bonds is 7. The van der Waals surface area contributed by atoms with Crippen molar-refractivity contribution in [1.29, 1.82) is 0 Å². The monoisotopic (exact) mass is 380 g/mol. The Morgan fingerprint density at radius 2 is 1.36 bits per heavy atom. The van der Waals surface area contributed by atoms with Crippen molar-refractivity contribution in [3.63, 3.8) is 0 Å². The largest absolute Gasteiger partial charge is 0.0999 e. The molecule has 1 unspecified atom stereocenters. The van der Waals surface area contributed by atoms with Crippen molar-refractivity contribution in [2.45, 2.75) is 86.5 Å². The highest BCUT2D eigenvalue weighted by Crippen LogP contribution is 2.19. The predicted molar refractivity (Wildman–Crippen MR) is 129 cm³/mol. The quantitative estimate of drug-likeness (QED) is 0.420. The van der Waals surface area contributed by atoms with Crippen molar-refractivity contribution in [1.82, 2.24) is 0 Å². The summed E-state index contributed by atoms with van der Waals surface area (Å²) in [6.07, 6.45) is 3.59. The van der Waals surface area contributed by atoms with Crippen molar-refractivity contribution in [2.75, 3.05) is 0 Å². The van der Waals surface area contributed by atoms with Crippen LogP contribution in [0.5, 0.6) is 0 Å². The molecule has 0 radical (unpaired) electrons. The molecule has 28 heavy (non-hydrogen) atoms. The molecule has 0 heterocycles. The number of hydrogen-bond acceptors (Lipinski definition) is 0. The first-order valence-corrected chi connectivity index (χ1v) is 11.1. The van der Waals surface area contributed by atoms with Crippen LogP contribution in [0.4, 0.5) is 0 Å². The zero-order valence-corrected chi connectivity index (χ0v) is 19.8. The fourth-order valence-electron chi connectivity index (χ4n) is 2.72. The lowest BCUT2D eigenvalue weighted by Gasteiger charge is -2.11. The van der Waals surface area contributed by atoms with Crippen LogP contribution in [0.1, 0.15) is 96.8 Å². The van der Waals surface area contributed by atoms with Crippen LogP contribution in [-0.4, -0.2) is 0 Å². The molecular formula is C28H44. The van der Waals surface area contributed by atoms with Gasteiger partial charge in [-0.3, -0.25) is 0 Å². The van der Waals surface area contributed by atoms with Gasteiger partial charge in [0.25, 0.3) is 0 Å². The maximum absolute atomic E-state index is 4.00. The molecule has 0 aromatic heterocycles. The Morgan fingerprint density at radius 1 is 0.821 bits per heavy atom. The Bertz CT molecular complexity index is 619. The molecule has 0 spiro atoms. The number of aryl methyl sites for hydroxylation is 1. The molecule has 0 saturated heterocycles. The van der Waals surface area contributed by atoms with Crippen molar-refractivity contribution in [3.05, 3.63) is 83.4 Å². The van der Waals surface area contributed by atoms with Gasteiger partial charge in [-0.15, -0.1) is 0 Å². The summed E-state index contributed by atoms with van der Waals surface area (Å²) >= 11 is 0. The van der Waals surface area contributed by atoms with E-state index in [4.69, 9.17) is 0 Å². The molecule has 2 rings (SSSR count). The van der Waals surface area contributed by atoms with Gasteiger partial charge >= 0.3 is 0 Å². The van der Waals surface area contributed by atoms with Gasteiger partial charge in [-0.05, 0) is 60.6 Å². The van der Waals surface area contributed by atoms with Gasteiger partial charge in [0.1, 0.15) is 0 Å². The second-order valence-corrected chi connectivity index (χ2v) is 7.90. The SMILES string of the molecule is C=C(C)C(C)CCc1ccc(C(C)C)cc1.CC.CC[C@H](C)c1ccccc1. The van der Waals surface area contributed by atoms with E-state index in [2.05, 4.69) is 103 Å². The molecule has 2 aromatic carbocycles. The first-order valence-electron chi connectivity index (χ1n) is 11.1. The summed E-state index contributed by atoms with van der Waals surface area (Å²) in [5, 5.41) is 0. The van der Waals surface area contributed by atoms with Crippen molar-refractivity contribution < 1.29 is 0 Å². The highest BCUT2D eigenvalue weighted by Gasteiger charge is 2.04. The van der Waals surface area contributed by atoms with E-state index in [1.54, 1.807) is 0 Å². The van der Waals surface area contributed by atoms with E-state index >= 15 is 0 Å². The molecule has 2 aromatic rings. The van der Waals surface area contributed by atoms with E-state index in [1.807, 2.05) is 13.8 Å². The van der Waals surface area contributed by atoms with Gasteiger partial charge in [0, 0.05) is 0 Å². The van der Waals surface area contributed by atoms with Crippen LogP contribution in [0.2, 0.25) is 0 Å². The minimum Gasteiger partial charge on any atom is -0.0999 e. The van der Waals surface area contributed by atoms with E-state index in [1.165, 1.54) is 35.1 Å². The topological polar surface area (TPSA) is 0 Å². The summed E-state index contributed by atoms with van der Waals surface area (Å²) in [6.45, 7) is 21.3. The third-order valence-electron chi connectivity index (χ3n) is 5.33. The fraction of sp³-hybridized carbons (Fsp3) is 0.500. The lowest BCUT2D eigenvalue weighted by molar-refractivity contribution is 0.615. The third kappa shape index (κ3) is 10.5. The van der Waals surface area contributed by atoms with Crippen LogP contribution in [-0.2, 0) is 6.42 Å². The average Bonchev–Trinajstić information content (AvgIpc) is 2.74. The summed E-state index contributed by atoms with van der Waals surface area (Å²) in [5.41, 5.74) is 5.61. The summed E-state index contributed by atoms with van der Waals surface area (Å²) < 4.78 is 0. The van der Waals surface area contributed by atoms with Gasteiger partial charge in [-0.25, -0.2) is 0 Å². The summed E-state index contributed by atoms with van der Waals surface area (Å²) in [7, 11) is 0. The van der Waals surface area contributed by atoms with Crippen molar-refractivity contribution in [2.24, 2.45) is 5.92 Å². The predicted octanol–water partition coefficient (Wildman–Crippen LogP) is 9.18. The van der Waals surface area contributed by atoms with E-state index in [0.29, 0.717) is 17.8 Å². The zero-order chi connectivity index (χ0) is 21.5. The van der Waals surface area contributed by atoms with Crippen LogP contribution < -0.4 is 0 Å². The van der Waals surface area contributed by atoms with E-state index in [0.717, 1.165) is 6.42 Å². The van der Waals surface area contributed by atoms with E-state index < -0.39 is 0 Å². The molecule has 0 aliphatic carbocycles. The molecule has 0 fully saturated rings. The third-order valence-corrected chi connectivity index (χ3v) is 5.33. The Labute approximate surface area is 176 Å². The van der Waals surface area contributed by atoms with Crippen LogP contribution in [0.15, 0.2) is 66.7 Å². The smallest absolute Gasteiger partial charge is 0.0193 e. The number of allylic oxidation sites excluding steroid dienone is 1. The highest BCUT2D eigenvalue weighted by atomic mass is 14.1. The van der Waals surface area contributed by atoms with Gasteiger partial charge in [-0.2, -0.15) is 0 Å². The zero-order valence-electron chi connectivity index (χ0n) is 19.8. The van der Waals surface area contributed by atoms with E-state index in [9.17, 15) is 0 Å². The van der Waals surface area contributed by atoms with Gasteiger partial charge in [0.05, 0.1) is 0 Å². The Morgan fingerprint density at radius 3 is 1.79 bits per heavy atom. The molecule has 0 aliphatic heterocycles. The van der Waals surface area contributed by atoms with Gasteiger partial charge < -0.3 is 0 Å². The molecular weight excluding hydrogens is 336 g/mol. The molecule has 0 bridgehead atoms. The normalized spacial score (nSPS) is 12.2. The van der Waals surface area contributed by atoms with Crippen LogP contribution in [0, 0.1) is 5.92 Å². The minimum atomic E-state index is 0.628. The Kier molecular flexibility index (Phi) is 14.2. The Balaban J connectivity index is 0.000000520. The molecule has 0 heteroatoms. The molecule has 0 aliphatic rings. The van der Waals surface area contributed by atoms with Crippen LogP contribution in [0.25, 0.3) is 0 Å². The molecule has 0 N–H and O–H groups in total. The fourth-order valence-corrected chi connectivity index (χ4v) is 2.72. The molecule has 0 nitrogen and oxygen atoms in total. The summed E-state index contributed by atoms with van der Waals surface area (Å²) in [5.74, 6) is 1.97.